The zero-order chi connectivity index (χ0) is 33.0. The molecule has 0 aliphatic carbocycles. The van der Waals surface area contributed by atoms with Crippen LogP contribution in [0, 0.1) is 0 Å². The van der Waals surface area contributed by atoms with Gasteiger partial charge >= 0.3 is 0 Å². The van der Waals surface area contributed by atoms with Crippen LogP contribution in [0.2, 0.25) is 0 Å². The second-order valence-corrected chi connectivity index (χ2v) is 14.7. The fourth-order valence-electron chi connectivity index (χ4n) is 7.39. The molecule has 2 nitrogen and oxygen atoms in total. The Kier molecular flexibility index (Phi) is 6.90. The zero-order valence-electron chi connectivity index (χ0n) is 27.0. The normalized spacial score (nSPS) is 11.6. The molecule has 0 bridgehead atoms. The Balaban J connectivity index is 1.37. The van der Waals surface area contributed by atoms with E-state index < -0.39 is 0 Å². The van der Waals surface area contributed by atoms with Gasteiger partial charge in [0, 0.05) is 52.7 Å². The molecule has 0 fully saturated rings. The Morgan fingerprint density at radius 1 is 0.340 bits per heavy atom. The lowest BCUT2D eigenvalue weighted by atomic mass is 10.0. The van der Waals surface area contributed by atoms with E-state index in [1.165, 1.54) is 56.8 Å². The van der Waals surface area contributed by atoms with Gasteiger partial charge in [0.05, 0.1) is 21.8 Å². The smallest absolute Gasteiger partial charge is 0.0796 e. The maximum atomic E-state index is 2.48. The SMILES string of the molecule is c1ccc(N(c2ccc3sc4cc5ccccc5cc4c3c2N(c2ccccc2)c2ccccc2)c2cccc3c2sc2ccccc23)cc1. The molecule has 0 N–H and O–H groups in total. The first kappa shape index (κ1) is 29.0. The van der Waals surface area contributed by atoms with Gasteiger partial charge in [-0.05, 0) is 83.6 Å². The van der Waals surface area contributed by atoms with Crippen LogP contribution in [0.15, 0.2) is 182 Å². The molecular formula is C46H30N2S2. The van der Waals surface area contributed by atoms with Crippen LogP contribution in [-0.2, 0) is 0 Å². The summed E-state index contributed by atoms with van der Waals surface area (Å²) in [4.78, 5) is 4.94. The van der Waals surface area contributed by atoms with E-state index in [0.29, 0.717) is 0 Å². The maximum Gasteiger partial charge on any atom is 0.0796 e. The van der Waals surface area contributed by atoms with Crippen molar-refractivity contribution in [2.24, 2.45) is 0 Å². The van der Waals surface area contributed by atoms with Gasteiger partial charge in [0.2, 0.25) is 0 Å². The van der Waals surface area contributed by atoms with Crippen molar-refractivity contribution in [3.8, 4) is 0 Å². The fourth-order valence-corrected chi connectivity index (χ4v) is 9.73. The minimum Gasteiger partial charge on any atom is -0.308 e. The van der Waals surface area contributed by atoms with E-state index in [-0.39, 0.29) is 0 Å². The molecule has 0 atom stereocenters. The predicted octanol–water partition coefficient (Wildman–Crippen LogP) is 14.5. The summed E-state index contributed by atoms with van der Waals surface area (Å²) in [7, 11) is 0. The Morgan fingerprint density at radius 2 is 0.920 bits per heavy atom. The maximum absolute atomic E-state index is 2.48. The summed E-state index contributed by atoms with van der Waals surface area (Å²) in [5, 5.41) is 7.61. The average molecular weight is 675 g/mol. The summed E-state index contributed by atoms with van der Waals surface area (Å²) in [6, 6.07) is 66.1. The van der Waals surface area contributed by atoms with Crippen molar-refractivity contribution >= 4 is 108 Å². The largest absolute Gasteiger partial charge is 0.308 e. The number of benzene rings is 8. The third kappa shape index (κ3) is 4.68. The molecule has 2 aromatic heterocycles. The molecule has 0 aliphatic rings. The summed E-state index contributed by atoms with van der Waals surface area (Å²) in [5.41, 5.74) is 6.78. The van der Waals surface area contributed by atoms with Gasteiger partial charge in [0.1, 0.15) is 0 Å². The molecule has 236 valence electrons. The molecule has 2 heterocycles. The van der Waals surface area contributed by atoms with Gasteiger partial charge in [-0.15, -0.1) is 22.7 Å². The number of para-hydroxylation sites is 3. The van der Waals surface area contributed by atoms with Gasteiger partial charge in [-0.1, -0.05) is 109 Å². The second-order valence-electron chi connectivity index (χ2n) is 12.5. The van der Waals surface area contributed by atoms with Gasteiger partial charge in [-0.2, -0.15) is 0 Å². The quantitative estimate of drug-likeness (QED) is 0.173. The number of hydrogen-bond donors (Lipinski definition) is 0. The fraction of sp³-hybridized carbons (Fsp3) is 0. The third-order valence-corrected chi connectivity index (χ3v) is 11.9. The van der Waals surface area contributed by atoms with Crippen molar-refractivity contribution in [2.45, 2.75) is 0 Å². The van der Waals surface area contributed by atoms with Crippen LogP contribution < -0.4 is 9.80 Å². The zero-order valence-corrected chi connectivity index (χ0v) is 28.7. The van der Waals surface area contributed by atoms with E-state index in [9.17, 15) is 0 Å². The number of anilines is 6. The van der Waals surface area contributed by atoms with Crippen molar-refractivity contribution in [2.75, 3.05) is 9.80 Å². The minimum atomic E-state index is 1.11. The van der Waals surface area contributed by atoms with E-state index in [2.05, 4.69) is 192 Å². The summed E-state index contributed by atoms with van der Waals surface area (Å²) in [6.07, 6.45) is 0. The molecule has 50 heavy (non-hydrogen) atoms. The Hall–Kier alpha value is -5.94. The van der Waals surface area contributed by atoms with Crippen LogP contribution in [0.3, 0.4) is 0 Å². The summed E-state index contributed by atoms with van der Waals surface area (Å²) in [6.45, 7) is 0. The van der Waals surface area contributed by atoms with Gasteiger partial charge < -0.3 is 9.80 Å². The summed E-state index contributed by atoms with van der Waals surface area (Å²) in [5.74, 6) is 0. The van der Waals surface area contributed by atoms with E-state index >= 15 is 0 Å². The van der Waals surface area contributed by atoms with Crippen LogP contribution in [0.1, 0.15) is 0 Å². The Bertz CT molecular complexity index is 2780. The van der Waals surface area contributed by atoms with Crippen molar-refractivity contribution in [3.63, 3.8) is 0 Å². The molecule has 4 heteroatoms. The Labute approximate surface area is 298 Å². The number of hydrogen-bond acceptors (Lipinski definition) is 4. The lowest BCUT2D eigenvalue weighted by Crippen LogP contribution is -2.17. The monoisotopic (exact) mass is 674 g/mol. The molecule has 0 saturated carbocycles. The van der Waals surface area contributed by atoms with Crippen LogP contribution in [0.4, 0.5) is 34.1 Å². The highest BCUT2D eigenvalue weighted by Gasteiger charge is 2.27. The molecule has 0 unspecified atom stereocenters. The highest BCUT2D eigenvalue weighted by molar-refractivity contribution is 7.26. The number of thiophene rings is 2. The summed E-state index contributed by atoms with van der Waals surface area (Å²) >= 11 is 3.74. The van der Waals surface area contributed by atoms with Crippen molar-refractivity contribution in [1.82, 2.24) is 0 Å². The lowest BCUT2D eigenvalue weighted by molar-refractivity contribution is 1.25. The summed E-state index contributed by atoms with van der Waals surface area (Å²) < 4.78 is 5.12. The minimum absolute atomic E-state index is 1.11. The van der Waals surface area contributed by atoms with Gasteiger partial charge in [0.25, 0.3) is 0 Å². The number of rotatable bonds is 6. The van der Waals surface area contributed by atoms with Gasteiger partial charge in [-0.25, -0.2) is 0 Å². The first-order valence-corrected chi connectivity index (χ1v) is 18.5. The number of nitrogens with zero attached hydrogens (tertiary/aromatic N) is 2. The molecule has 0 aliphatic heterocycles. The molecule has 0 spiro atoms. The molecule has 0 amide bonds. The molecule has 10 aromatic rings. The van der Waals surface area contributed by atoms with Crippen LogP contribution in [0.5, 0.6) is 0 Å². The van der Waals surface area contributed by atoms with Gasteiger partial charge in [0.15, 0.2) is 0 Å². The van der Waals surface area contributed by atoms with Gasteiger partial charge in [-0.3, -0.25) is 0 Å². The van der Waals surface area contributed by atoms with Crippen LogP contribution in [0.25, 0.3) is 51.1 Å². The van der Waals surface area contributed by atoms with E-state index in [0.717, 1.165) is 28.4 Å². The third-order valence-electron chi connectivity index (χ3n) is 9.59. The molecule has 10 rings (SSSR count). The first-order valence-electron chi connectivity index (χ1n) is 16.9. The molecular weight excluding hydrogens is 645 g/mol. The van der Waals surface area contributed by atoms with E-state index in [1.54, 1.807) is 0 Å². The average Bonchev–Trinajstić information content (AvgIpc) is 3.74. The molecule has 0 radical (unpaired) electrons. The first-order chi connectivity index (χ1) is 24.8. The standard InChI is InChI=1S/C46H30N2S2/c1-4-17-33(18-5-1)47(34-19-6-2-7-20-34)45-39(27-28-42-44(45)38-29-31-15-10-11-16-32(31)30-43(38)49-42)48(35-21-8-3-9-22-35)40-25-14-24-37-36-23-12-13-26-41(36)50-46(37)40/h1-30H. The lowest BCUT2D eigenvalue weighted by Gasteiger charge is -2.34. The van der Waals surface area contributed by atoms with Crippen LogP contribution >= 0.6 is 22.7 Å². The Morgan fingerprint density at radius 3 is 1.62 bits per heavy atom. The van der Waals surface area contributed by atoms with E-state index in [4.69, 9.17) is 0 Å². The van der Waals surface area contributed by atoms with E-state index in [1.807, 2.05) is 22.7 Å². The topological polar surface area (TPSA) is 6.48 Å². The van der Waals surface area contributed by atoms with Crippen molar-refractivity contribution < 1.29 is 0 Å². The second kappa shape index (κ2) is 11.9. The predicted molar refractivity (Wildman–Crippen MR) is 219 cm³/mol. The molecule has 8 aromatic carbocycles. The van der Waals surface area contributed by atoms with Crippen molar-refractivity contribution in [1.29, 1.82) is 0 Å². The molecule has 0 saturated heterocycles. The highest BCUT2D eigenvalue weighted by atomic mass is 32.1. The van der Waals surface area contributed by atoms with Crippen molar-refractivity contribution in [3.05, 3.63) is 182 Å². The number of fused-ring (bicyclic) bond motifs is 7. The van der Waals surface area contributed by atoms with Crippen LogP contribution in [-0.4, -0.2) is 0 Å². The highest BCUT2D eigenvalue weighted by Crippen LogP contribution is 2.54.